The second kappa shape index (κ2) is 8.30. The number of ether oxygens (including phenoxy) is 4. The minimum Gasteiger partial charge on any atom is -0.493 e. The molecular weight excluding hydrogens is 376 g/mol. The van der Waals surface area contributed by atoms with Crippen molar-refractivity contribution in [3.05, 3.63) is 42.5 Å². The minimum absolute atomic E-state index is 0.0217. The van der Waals surface area contributed by atoms with Gasteiger partial charge in [0, 0.05) is 37.2 Å². The van der Waals surface area contributed by atoms with E-state index in [2.05, 4.69) is 5.32 Å². The normalized spacial score (nSPS) is 17.3. The van der Waals surface area contributed by atoms with Crippen LogP contribution in [0.3, 0.4) is 0 Å². The van der Waals surface area contributed by atoms with Gasteiger partial charge in [0.25, 0.3) is 5.91 Å². The summed E-state index contributed by atoms with van der Waals surface area (Å²) in [6.07, 6.45) is 0.377. The van der Waals surface area contributed by atoms with Gasteiger partial charge in [0.2, 0.25) is 12.7 Å². The van der Waals surface area contributed by atoms with Gasteiger partial charge in [-0.25, -0.2) is 0 Å². The molecule has 2 heterocycles. The molecule has 2 amide bonds. The lowest BCUT2D eigenvalue weighted by molar-refractivity contribution is -0.123. The quantitative estimate of drug-likeness (QED) is 0.768. The van der Waals surface area contributed by atoms with Crippen molar-refractivity contribution in [1.29, 1.82) is 0 Å². The van der Waals surface area contributed by atoms with Crippen LogP contribution in [0, 0.1) is 5.92 Å². The van der Waals surface area contributed by atoms with Crippen LogP contribution in [-0.4, -0.2) is 45.4 Å². The van der Waals surface area contributed by atoms with Gasteiger partial charge in [-0.05, 0) is 24.3 Å². The molecule has 152 valence electrons. The zero-order valence-electron chi connectivity index (χ0n) is 16.1. The Morgan fingerprint density at radius 3 is 2.79 bits per heavy atom. The number of nitrogens with zero attached hydrogens (tertiary/aromatic N) is 1. The molecule has 2 aromatic rings. The van der Waals surface area contributed by atoms with Gasteiger partial charge in [-0.1, -0.05) is 12.1 Å². The predicted octanol–water partition coefficient (Wildman–Crippen LogP) is 1.97. The molecule has 1 fully saturated rings. The molecule has 0 aromatic heterocycles. The van der Waals surface area contributed by atoms with Crippen LogP contribution in [0.5, 0.6) is 23.0 Å². The topological polar surface area (TPSA) is 86.3 Å². The Morgan fingerprint density at radius 2 is 1.97 bits per heavy atom. The number of methoxy groups -OCH3 is 1. The molecule has 0 radical (unpaired) electrons. The Labute approximate surface area is 168 Å². The van der Waals surface area contributed by atoms with Crippen molar-refractivity contribution in [2.45, 2.75) is 6.42 Å². The molecule has 8 nitrogen and oxygen atoms in total. The van der Waals surface area contributed by atoms with Gasteiger partial charge in [0.1, 0.15) is 0 Å². The first-order chi connectivity index (χ1) is 14.1. The maximum absolute atomic E-state index is 12.4. The van der Waals surface area contributed by atoms with Crippen LogP contribution in [0.4, 0.5) is 5.69 Å². The number of hydrogen-bond acceptors (Lipinski definition) is 6. The SMILES string of the molecule is COc1ccccc1OCC(=O)NC[C@H]1CC(=O)N(c2ccc3c(c2)OCO3)C1. The Kier molecular flexibility index (Phi) is 5.41. The van der Waals surface area contributed by atoms with E-state index in [4.69, 9.17) is 18.9 Å². The molecule has 4 rings (SSSR count). The van der Waals surface area contributed by atoms with Crippen molar-refractivity contribution in [1.82, 2.24) is 5.32 Å². The summed E-state index contributed by atoms with van der Waals surface area (Å²) in [5.74, 6) is 2.21. The largest absolute Gasteiger partial charge is 0.493 e. The van der Waals surface area contributed by atoms with Crippen LogP contribution in [-0.2, 0) is 9.59 Å². The number of rotatable bonds is 7. The van der Waals surface area contributed by atoms with E-state index >= 15 is 0 Å². The number of benzene rings is 2. The van der Waals surface area contributed by atoms with Crippen molar-refractivity contribution >= 4 is 17.5 Å². The van der Waals surface area contributed by atoms with Crippen molar-refractivity contribution in [2.24, 2.45) is 5.92 Å². The van der Waals surface area contributed by atoms with Gasteiger partial charge in [-0.2, -0.15) is 0 Å². The van der Waals surface area contributed by atoms with Crippen molar-refractivity contribution in [3.8, 4) is 23.0 Å². The Balaban J connectivity index is 1.27. The van der Waals surface area contributed by atoms with Crippen LogP contribution < -0.4 is 29.2 Å². The molecule has 1 N–H and O–H groups in total. The average Bonchev–Trinajstić information content (AvgIpc) is 3.36. The molecule has 0 spiro atoms. The van der Waals surface area contributed by atoms with E-state index in [9.17, 15) is 9.59 Å². The smallest absolute Gasteiger partial charge is 0.257 e. The van der Waals surface area contributed by atoms with Crippen molar-refractivity contribution in [2.75, 3.05) is 38.5 Å². The summed E-state index contributed by atoms with van der Waals surface area (Å²) >= 11 is 0. The maximum atomic E-state index is 12.4. The van der Waals surface area contributed by atoms with E-state index in [0.717, 1.165) is 5.69 Å². The molecule has 2 aliphatic rings. The molecular formula is C21H22N2O6. The van der Waals surface area contributed by atoms with Crippen LogP contribution in [0.15, 0.2) is 42.5 Å². The molecule has 8 heteroatoms. The summed E-state index contributed by atoms with van der Waals surface area (Å²) in [4.78, 5) is 26.3. The lowest BCUT2D eigenvalue weighted by Crippen LogP contribution is -2.34. The number of amides is 2. The molecule has 2 aromatic carbocycles. The molecule has 0 unspecified atom stereocenters. The summed E-state index contributed by atoms with van der Waals surface area (Å²) in [6, 6.07) is 12.6. The van der Waals surface area contributed by atoms with Crippen LogP contribution in [0.25, 0.3) is 0 Å². The standard InChI is InChI=1S/C21H22N2O6/c1-26-16-4-2-3-5-17(16)27-12-20(24)22-10-14-8-21(25)23(11-14)15-6-7-18-19(9-15)29-13-28-18/h2-7,9,14H,8,10-13H2,1H3,(H,22,24)/t14-/m1/s1. The summed E-state index contributed by atoms with van der Waals surface area (Å²) < 4.78 is 21.4. The van der Waals surface area contributed by atoms with Gasteiger partial charge in [0.05, 0.1) is 7.11 Å². The fourth-order valence-corrected chi connectivity index (χ4v) is 3.41. The van der Waals surface area contributed by atoms with Gasteiger partial charge < -0.3 is 29.2 Å². The predicted molar refractivity (Wildman–Crippen MR) is 105 cm³/mol. The average molecular weight is 398 g/mol. The fraction of sp³-hybridized carbons (Fsp3) is 0.333. The van der Waals surface area contributed by atoms with E-state index in [1.165, 1.54) is 0 Å². The van der Waals surface area contributed by atoms with Gasteiger partial charge in [-0.15, -0.1) is 0 Å². The number of para-hydroxylation sites is 2. The highest BCUT2D eigenvalue weighted by Crippen LogP contribution is 2.37. The molecule has 1 atom stereocenters. The summed E-state index contributed by atoms with van der Waals surface area (Å²) in [6.45, 7) is 1.01. The highest BCUT2D eigenvalue weighted by molar-refractivity contribution is 5.96. The zero-order valence-corrected chi connectivity index (χ0v) is 16.1. The zero-order chi connectivity index (χ0) is 20.2. The summed E-state index contributed by atoms with van der Waals surface area (Å²) in [5, 5.41) is 2.84. The molecule has 29 heavy (non-hydrogen) atoms. The van der Waals surface area contributed by atoms with Gasteiger partial charge in [0.15, 0.2) is 29.6 Å². The lowest BCUT2D eigenvalue weighted by Gasteiger charge is -2.17. The van der Waals surface area contributed by atoms with Gasteiger partial charge in [-0.3, -0.25) is 9.59 Å². The number of carbonyl (C=O) groups is 2. The first-order valence-electron chi connectivity index (χ1n) is 9.36. The Morgan fingerprint density at radius 1 is 1.17 bits per heavy atom. The molecule has 0 aliphatic carbocycles. The highest BCUT2D eigenvalue weighted by atomic mass is 16.7. The summed E-state index contributed by atoms with van der Waals surface area (Å²) in [7, 11) is 1.55. The van der Waals surface area contributed by atoms with Crippen molar-refractivity contribution in [3.63, 3.8) is 0 Å². The Hall–Kier alpha value is -3.42. The van der Waals surface area contributed by atoms with Crippen molar-refractivity contribution < 1.29 is 28.5 Å². The van der Waals surface area contributed by atoms with E-state index < -0.39 is 0 Å². The number of carbonyl (C=O) groups excluding carboxylic acids is 2. The third kappa shape index (κ3) is 4.21. The van der Waals surface area contributed by atoms with Crippen LogP contribution in [0.2, 0.25) is 0 Å². The lowest BCUT2D eigenvalue weighted by atomic mass is 10.1. The Bertz CT molecular complexity index is 916. The number of hydrogen-bond donors (Lipinski definition) is 1. The van der Waals surface area contributed by atoms with E-state index in [-0.39, 0.29) is 31.1 Å². The molecule has 0 bridgehead atoms. The van der Waals surface area contributed by atoms with Crippen LogP contribution in [0.1, 0.15) is 6.42 Å². The second-order valence-corrected chi connectivity index (χ2v) is 6.86. The van der Waals surface area contributed by atoms with E-state index in [0.29, 0.717) is 42.5 Å². The van der Waals surface area contributed by atoms with Gasteiger partial charge >= 0.3 is 0 Å². The highest BCUT2D eigenvalue weighted by Gasteiger charge is 2.31. The first kappa shape index (κ1) is 18.9. The first-order valence-corrected chi connectivity index (χ1v) is 9.36. The molecule has 0 saturated carbocycles. The maximum Gasteiger partial charge on any atom is 0.257 e. The minimum atomic E-state index is -0.245. The molecule has 2 aliphatic heterocycles. The monoisotopic (exact) mass is 398 g/mol. The fourth-order valence-electron chi connectivity index (χ4n) is 3.41. The third-order valence-corrected chi connectivity index (χ3v) is 4.89. The molecule has 1 saturated heterocycles. The van der Waals surface area contributed by atoms with E-state index in [1.807, 2.05) is 24.3 Å². The second-order valence-electron chi connectivity index (χ2n) is 6.86. The third-order valence-electron chi connectivity index (χ3n) is 4.89. The number of fused-ring (bicyclic) bond motifs is 1. The van der Waals surface area contributed by atoms with E-state index in [1.54, 1.807) is 30.2 Å². The number of anilines is 1. The summed E-state index contributed by atoms with van der Waals surface area (Å²) in [5.41, 5.74) is 0.771. The number of nitrogens with one attached hydrogen (secondary N) is 1. The van der Waals surface area contributed by atoms with Crippen LogP contribution >= 0.6 is 0 Å².